The minimum Gasteiger partial charge on any atom is -0.472 e. The summed E-state index contributed by atoms with van der Waals surface area (Å²) in [6.45, 7) is 0.171. The Labute approximate surface area is 197 Å². The van der Waals surface area contributed by atoms with Crippen molar-refractivity contribution in [2.75, 3.05) is 0 Å². The van der Waals surface area contributed by atoms with E-state index >= 15 is 0 Å². The Morgan fingerprint density at radius 3 is 2.79 bits per heavy atom. The number of hydrazine groups is 2. The molecule has 0 spiro atoms. The van der Waals surface area contributed by atoms with Crippen molar-refractivity contribution in [1.82, 2.24) is 26.8 Å². The van der Waals surface area contributed by atoms with E-state index in [2.05, 4.69) is 38.0 Å². The molecule has 0 radical (unpaired) electrons. The number of aromatic nitrogens is 1. The van der Waals surface area contributed by atoms with Crippen LogP contribution in [0.3, 0.4) is 0 Å². The van der Waals surface area contributed by atoms with E-state index in [1.807, 2.05) is 23.6 Å². The lowest BCUT2D eigenvalue weighted by Crippen LogP contribution is -2.43. The third-order valence-electron chi connectivity index (χ3n) is 4.93. The van der Waals surface area contributed by atoms with E-state index in [1.165, 1.54) is 0 Å². The predicted octanol–water partition coefficient (Wildman–Crippen LogP) is 3.13. The van der Waals surface area contributed by atoms with Crippen LogP contribution in [0, 0.1) is 11.3 Å². The van der Waals surface area contributed by atoms with Gasteiger partial charge in [-0.1, -0.05) is 18.2 Å². The number of ether oxygens (including phenoxy) is 1. The van der Waals surface area contributed by atoms with Crippen molar-refractivity contribution < 1.29 is 13.9 Å². The maximum Gasteiger partial charge on any atom is 0.258 e. The zero-order chi connectivity index (χ0) is 23.3. The van der Waals surface area contributed by atoms with E-state index in [9.17, 15) is 10.1 Å². The molecule has 5 rings (SSSR count). The molecule has 4 heterocycles. The highest BCUT2D eigenvalue weighted by atomic mass is 32.1. The van der Waals surface area contributed by atoms with E-state index < -0.39 is 0 Å². The number of benzene rings is 1. The molecule has 0 unspecified atom stereocenters. The monoisotopic (exact) mass is 471 g/mol. The SMILES string of the molecule is N#Cc1c(-c2ccoc2)cc(-c2cccs2)nc1OCc1ccc(C(=O)NC2=NNNN2)cc1. The van der Waals surface area contributed by atoms with Crippen LogP contribution in [0.25, 0.3) is 21.7 Å². The molecule has 4 N–H and O–H groups in total. The van der Waals surface area contributed by atoms with E-state index in [0.29, 0.717) is 22.4 Å². The Morgan fingerprint density at radius 1 is 1.24 bits per heavy atom. The zero-order valence-corrected chi connectivity index (χ0v) is 18.3. The smallest absolute Gasteiger partial charge is 0.258 e. The molecule has 11 heteroatoms. The first-order valence-electron chi connectivity index (χ1n) is 10.1. The van der Waals surface area contributed by atoms with Crippen LogP contribution in [-0.2, 0) is 6.61 Å². The normalized spacial score (nSPS) is 12.3. The lowest BCUT2D eigenvalue weighted by molar-refractivity contribution is 0.0976. The van der Waals surface area contributed by atoms with Gasteiger partial charge in [-0.15, -0.1) is 22.0 Å². The van der Waals surface area contributed by atoms with Gasteiger partial charge in [-0.05, 0) is 41.3 Å². The summed E-state index contributed by atoms with van der Waals surface area (Å²) in [7, 11) is 0. The second kappa shape index (κ2) is 9.45. The third kappa shape index (κ3) is 4.44. The molecule has 4 aromatic rings. The summed E-state index contributed by atoms with van der Waals surface area (Å²) in [5.74, 6) is 0.189. The molecule has 1 aromatic carbocycles. The van der Waals surface area contributed by atoms with Crippen molar-refractivity contribution in [1.29, 1.82) is 5.26 Å². The van der Waals surface area contributed by atoms with E-state index in [-0.39, 0.29) is 24.4 Å². The molecule has 0 saturated carbocycles. The Balaban J connectivity index is 1.37. The molecule has 0 aliphatic carbocycles. The largest absolute Gasteiger partial charge is 0.472 e. The predicted molar refractivity (Wildman–Crippen MR) is 125 cm³/mol. The molecule has 34 heavy (non-hydrogen) atoms. The third-order valence-corrected chi connectivity index (χ3v) is 5.82. The number of hydrogen-bond donors (Lipinski definition) is 4. The molecular weight excluding hydrogens is 454 g/mol. The lowest BCUT2D eigenvalue weighted by atomic mass is 10.0. The highest BCUT2D eigenvalue weighted by molar-refractivity contribution is 7.13. The van der Waals surface area contributed by atoms with Crippen molar-refractivity contribution in [3.63, 3.8) is 0 Å². The number of nitrogens with one attached hydrogen (secondary N) is 4. The van der Waals surface area contributed by atoms with Gasteiger partial charge in [-0.2, -0.15) is 5.26 Å². The van der Waals surface area contributed by atoms with Gasteiger partial charge in [0.05, 0.1) is 23.1 Å². The first-order valence-corrected chi connectivity index (χ1v) is 11.0. The fourth-order valence-corrected chi connectivity index (χ4v) is 3.96. The molecule has 0 atom stereocenters. The molecule has 1 aliphatic rings. The second-order valence-corrected chi connectivity index (χ2v) is 8.05. The van der Waals surface area contributed by atoms with Crippen LogP contribution in [0.15, 0.2) is 76.0 Å². The molecule has 10 nitrogen and oxygen atoms in total. The summed E-state index contributed by atoms with van der Waals surface area (Å²) < 4.78 is 11.2. The molecule has 0 bridgehead atoms. The van der Waals surface area contributed by atoms with Gasteiger partial charge in [0.1, 0.15) is 18.2 Å². The van der Waals surface area contributed by atoms with Crippen molar-refractivity contribution in [2.45, 2.75) is 6.61 Å². The van der Waals surface area contributed by atoms with Crippen LogP contribution in [0.1, 0.15) is 21.5 Å². The number of hydrazone groups is 1. The van der Waals surface area contributed by atoms with Crippen LogP contribution in [-0.4, -0.2) is 16.9 Å². The number of thiophene rings is 1. The maximum absolute atomic E-state index is 12.3. The van der Waals surface area contributed by atoms with E-state index in [4.69, 9.17) is 9.15 Å². The fraction of sp³-hybridized carbons (Fsp3) is 0.0435. The minimum atomic E-state index is -0.314. The van der Waals surface area contributed by atoms with Crippen LogP contribution in [0.4, 0.5) is 0 Å². The second-order valence-electron chi connectivity index (χ2n) is 7.10. The van der Waals surface area contributed by atoms with Crippen LogP contribution < -0.4 is 26.5 Å². The van der Waals surface area contributed by atoms with Gasteiger partial charge in [0.15, 0.2) is 0 Å². The molecule has 3 aromatic heterocycles. The Morgan fingerprint density at radius 2 is 2.12 bits per heavy atom. The summed E-state index contributed by atoms with van der Waals surface area (Å²) in [5, 5.41) is 18.3. The van der Waals surface area contributed by atoms with Crippen LogP contribution in [0.2, 0.25) is 0 Å². The molecule has 1 aliphatic heterocycles. The summed E-state index contributed by atoms with van der Waals surface area (Å²) in [6, 6.07) is 16.7. The highest BCUT2D eigenvalue weighted by Gasteiger charge is 2.18. The Bertz CT molecular complexity index is 1380. The highest BCUT2D eigenvalue weighted by Crippen LogP contribution is 2.35. The molecule has 0 saturated heterocycles. The number of rotatable bonds is 6. The minimum absolute atomic E-state index is 0.171. The van der Waals surface area contributed by atoms with Crippen LogP contribution >= 0.6 is 11.3 Å². The molecule has 1 amide bonds. The number of carbonyl (C=O) groups is 1. The number of pyridine rings is 1. The quantitative estimate of drug-likeness (QED) is 0.337. The first kappa shape index (κ1) is 21.2. The van der Waals surface area contributed by atoms with Crippen molar-refractivity contribution in [3.8, 4) is 33.6 Å². The maximum atomic E-state index is 12.3. The Hall–Kier alpha value is -4.66. The van der Waals surface area contributed by atoms with E-state index in [1.54, 1.807) is 54.2 Å². The summed E-state index contributed by atoms with van der Waals surface area (Å²) in [6.07, 6.45) is 3.14. The number of nitriles is 1. The molecular formula is C23H17N7O3S. The lowest BCUT2D eigenvalue weighted by Gasteiger charge is -2.12. The van der Waals surface area contributed by atoms with Crippen molar-refractivity contribution in [2.24, 2.45) is 5.10 Å². The van der Waals surface area contributed by atoms with E-state index in [0.717, 1.165) is 16.0 Å². The van der Waals surface area contributed by atoms with Crippen molar-refractivity contribution in [3.05, 3.63) is 83.1 Å². The Kier molecular flexibility index (Phi) is 5.89. The summed E-state index contributed by atoms with van der Waals surface area (Å²) >= 11 is 1.55. The van der Waals surface area contributed by atoms with Gasteiger partial charge in [0.2, 0.25) is 11.8 Å². The van der Waals surface area contributed by atoms with Gasteiger partial charge in [0.25, 0.3) is 5.91 Å². The summed E-state index contributed by atoms with van der Waals surface area (Å²) in [4.78, 5) is 17.9. The number of nitrogens with zero attached hydrogens (tertiary/aromatic N) is 3. The van der Waals surface area contributed by atoms with Gasteiger partial charge >= 0.3 is 0 Å². The number of carbonyl (C=O) groups excluding carboxylic acids is 1. The first-order chi connectivity index (χ1) is 16.7. The molecule has 168 valence electrons. The average molecular weight is 472 g/mol. The van der Waals surface area contributed by atoms with Gasteiger partial charge in [-0.25, -0.2) is 10.5 Å². The van der Waals surface area contributed by atoms with Crippen molar-refractivity contribution >= 4 is 23.2 Å². The number of hydrogen-bond acceptors (Lipinski definition) is 10. The van der Waals surface area contributed by atoms with Crippen LogP contribution in [0.5, 0.6) is 5.88 Å². The topological polar surface area (TPSA) is 137 Å². The summed E-state index contributed by atoms with van der Waals surface area (Å²) in [5.41, 5.74) is 11.4. The number of guanidine groups is 1. The van der Waals surface area contributed by atoms with Gasteiger partial charge in [-0.3, -0.25) is 15.5 Å². The number of amides is 1. The fourth-order valence-electron chi connectivity index (χ4n) is 3.27. The number of furan rings is 1. The average Bonchev–Trinajstić information content (AvgIpc) is 3.66. The molecule has 0 fully saturated rings. The van der Waals surface area contributed by atoms with Gasteiger partial charge in [0, 0.05) is 16.7 Å². The standard InChI is InChI=1S/C23H17N7O3S/c24-11-18-17(16-7-8-32-13-16)10-19(20-2-1-9-34-20)25-22(18)33-12-14-3-5-15(6-4-14)21(31)26-23-27-29-30-28-23/h1-10,13,29-30H,12H2,(H2,26,27,28,31). The van der Waals surface area contributed by atoms with Gasteiger partial charge < -0.3 is 9.15 Å². The zero-order valence-electron chi connectivity index (χ0n) is 17.5.